The van der Waals surface area contributed by atoms with Crippen molar-refractivity contribution in [2.24, 2.45) is 5.92 Å². The van der Waals surface area contributed by atoms with Crippen LogP contribution >= 0.6 is 11.3 Å². The van der Waals surface area contributed by atoms with Gasteiger partial charge in [0.15, 0.2) is 11.7 Å². The predicted octanol–water partition coefficient (Wildman–Crippen LogP) is 3.02. The van der Waals surface area contributed by atoms with Crippen LogP contribution in [-0.2, 0) is 9.59 Å². The average molecular weight is 373 g/mol. The number of nitrogens with one attached hydrogen (secondary N) is 1. The van der Waals surface area contributed by atoms with Gasteiger partial charge >= 0.3 is 0 Å². The Hall–Kier alpha value is -2.41. The minimum absolute atomic E-state index is 0.0115. The number of benzene rings is 1. The van der Waals surface area contributed by atoms with Crippen LogP contribution in [0.5, 0.6) is 5.75 Å². The van der Waals surface area contributed by atoms with E-state index < -0.39 is 0 Å². The van der Waals surface area contributed by atoms with Crippen LogP contribution in [0.2, 0.25) is 0 Å². The first-order valence-electron chi connectivity index (χ1n) is 8.72. The van der Waals surface area contributed by atoms with Crippen LogP contribution in [0.25, 0.3) is 0 Å². The number of aryl methyl sites for hydroxylation is 2. The fourth-order valence-electron chi connectivity index (χ4n) is 2.96. The van der Waals surface area contributed by atoms with E-state index in [1.54, 1.807) is 4.90 Å². The zero-order valence-electron chi connectivity index (χ0n) is 15.0. The van der Waals surface area contributed by atoms with Crippen molar-refractivity contribution in [3.05, 3.63) is 40.9 Å². The Labute approximate surface area is 157 Å². The molecule has 6 nitrogen and oxygen atoms in total. The normalized spacial score (nSPS) is 14.9. The van der Waals surface area contributed by atoms with E-state index in [9.17, 15) is 9.59 Å². The minimum atomic E-state index is -0.0828. The molecule has 1 aliphatic heterocycles. The van der Waals surface area contributed by atoms with Gasteiger partial charge in [0, 0.05) is 24.4 Å². The molecule has 0 aliphatic carbocycles. The summed E-state index contributed by atoms with van der Waals surface area (Å²) in [6, 6.07) is 7.64. The number of para-hydroxylation sites is 1. The number of rotatable bonds is 5. The summed E-state index contributed by atoms with van der Waals surface area (Å²) in [5, 5.41) is 5.41. The van der Waals surface area contributed by atoms with Crippen molar-refractivity contribution in [1.82, 2.24) is 9.88 Å². The van der Waals surface area contributed by atoms with Gasteiger partial charge < -0.3 is 15.0 Å². The van der Waals surface area contributed by atoms with E-state index in [4.69, 9.17) is 4.74 Å². The molecule has 7 heteroatoms. The maximum atomic E-state index is 12.3. The van der Waals surface area contributed by atoms with E-state index in [1.807, 2.05) is 43.5 Å². The van der Waals surface area contributed by atoms with Gasteiger partial charge in [-0.15, -0.1) is 11.3 Å². The van der Waals surface area contributed by atoms with Crippen molar-refractivity contribution in [1.29, 1.82) is 0 Å². The van der Waals surface area contributed by atoms with Crippen LogP contribution < -0.4 is 10.1 Å². The Kier molecular flexibility index (Phi) is 5.88. The molecule has 0 saturated carbocycles. The van der Waals surface area contributed by atoms with Gasteiger partial charge in [0.25, 0.3) is 5.91 Å². The summed E-state index contributed by atoms with van der Waals surface area (Å²) >= 11 is 1.43. The molecule has 1 N–H and O–H groups in total. The van der Waals surface area contributed by atoms with E-state index in [0.29, 0.717) is 31.1 Å². The quantitative estimate of drug-likeness (QED) is 0.874. The Bertz CT molecular complexity index is 782. The Morgan fingerprint density at radius 1 is 1.27 bits per heavy atom. The van der Waals surface area contributed by atoms with Crippen molar-refractivity contribution in [3.8, 4) is 5.75 Å². The summed E-state index contributed by atoms with van der Waals surface area (Å²) in [5.74, 6) is 0.597. The lowest BCUT2D eigenvalue weighted by Crippen LogP contribution is -2.43. The number of carbonyl (C=O) groups excluding carboxylic acids is 2. The molecule has 1 saturated heterocycles. The molecular weight excluding hydrogens is 350 g/mol. The van der Waals surface area contributed by atoms with Gasteiger partial charge in [0.2, 0.25) is 5.91 Å². The maximum Gasteiger partial charge on any atom is 0.260 e. The van der Waals surface area contributed by atoms with Crippen molar-refractivity contribution in [3.63, 3.8) is 0 Å². The van der Waals surface area contributed by atoms with Crippen molar-refractivity contribution < 1.29 is 14.3 Å². The number of amides is 2. The van der Waals surface area contributed by atoms with Gasteiger partial charge in [0.05, 0.1) is 5.69 Å². The van der Waals surface area contributed by atoms with Gasteiger partial charge in [-0.05, 0) is 38.3 Å². The molecule has 2 heterocycles. The number of piperidine rings is 1. The third-order valence-electron chi connectivity index (χ3n) is 4.51. The molecule has 3 rings (SSSR count). The lowest BCUT2D eigenvalue weighted by atomic mass is 9.96. The second kappa shape index (κ2) is 8.31. The molecule has 1 aromatic heterocycles. The second-order valence-corrected chi connectivity index (χ2v) is 7.35. The number of thiazole rings is 1. The number of aromatic nitrogens is 1. The number of ether oxygens (including phenoxy) is 1. The monoisotopic (exact) mass is 373 g/mol. The van der Waals surface area contributed by atoms with Gasteiger partial charge in [-0.2, -0.15) is 0 Å². The minimum Gasteiger partial charge on any atom is -0.484 e. The topological polar surface area (TPSA) is 71.5 Å². The molecule has 1 aliphatic rings. The van der Waals surface area contributed by atoms with Crippen molar-refractivity contribution in [2.75, 3.05) is 25.0 Å². The molecule has 0 spiro atoms. The van der Waals surface area contributed by atoms with E-state index >= 15 is 0 Å². The van der Waals surface area contributed by atoms with Crippen molar-refractivity contribution >= 4 is 28.3 Å². The molecular formula is C19H23N3O3S. The van der Waals surface area contributed by atoms with Gasteiger partial charge in [-0.3, -0.25) is 9.59 Å². The zero-order chi connectivity index (χ0) is 18.5. The summed E-state index contributed by atoms with van der Waals surface area (Å²) < 4.78 is 5.63. The second-order valence-electron chi connectivity index (χ2n) is 6.49. The third-order valence-corrected chi connectivity index (χ3v) is 5.39. The van der Waals surface area contributed by atoms with Crippen molar-refractivity contribution in [2.45, 2.75) is 26.7 Å². The van der Waals surface area contributed by atoms with E-state index in [2.05, 4.69) is 10.3 Å². The first kappa shape index (κ1) is 18.4. The lowest BCUT2D eigenvalue weighted by molar-refractivity contribution is -0.136. The van der Waals surface area contributed by atoms with Gasteiger partial charge in [0.1, 0.15) is 5.75 Å². The van der Waals surface area contributed by atoms with Crippen LogP contribution in [0.1, 0.15) is 24.1 Å². The molecule has 0 bridgehead atoms. The molecule has 1 aromatic carbocycles. The number of hydrogen-bond donors (Lipinski definition) is 1. The fourth-order valence-corrected chi connectivity index (χ4v) is 3.65. The molecule has 1 fully saturated rings. The van der Waals surface area contributed by atoms with Crippen LogP contribution in [0.15, 0.2) is 29.6 Å². The van der Waals surface area contributed by atoms with Crippen LogP contribution in [0.3, 0.4) is 0 Å². The molecule has 0 atom stereocenters. The Morgan fingerprint density at radius 2 is 2.00 bits per heavy atom. The van der Waals surface area contributed by atoms with Gasteiger partial charge in [-0.25, -0.2) is 4.98 Å². The summed E-state index contributed by atoms with van der Waals surface area (Å²) in [7, 11) is 0. The first-order valence-corrected chi connectivity index (χ1v) is 9.60. The fraction of sp³-hybridized carbons (Fsp3) is 0.421. The van der Waals surface area contributed by atoms with E-state index in [0.717, 1.165) is 17.0 Å². The number of carbonyl (C=O) groups is 2. The van der Waals surface area contributed by atoms with Crippen LogP contribution in [0.4, 0.5) is 5.13 Å². The lowest BCUT2D eigenvalue weighted by Gasteiger charge is -2.31. The Morgan fingerprint density at radius 3 is 2.65 bits per heavy atom. The third kappa shape index (κ3) is 4.60. The molecule has 0 unspecified atom stereocenters. The molecule has 2 aromatic rings. The summed E-state index contributed by atoms with van der Waals surface area (Å²) in [4.78, 5) is 30.7. The van der Waals surface area contributed by atoms with E-state index in [1.165, 1.54) is 11.3 Å². The first-order chi connectivity index (χ1) is 12.5. The maximum absolute atomic E-state index is 12.3. The SMILES string of the molecule is Cc1csc(NC(=O)C2CCN(C(=O)COc3ccccc3C)CC2)n1. The van der Waals surface area contributed by atoms with E-state index in [-0.39, 0.29) is 24.3 Å². The summed E-state index contributed by atoms with van der Waals surface area (Å²) in [6.07, 6.45) is 1.32. The smallest absolute Gasteiger partial charge is 0.260 e. The summed E-state index contributed by atoms with van der Waals surface area (Å²) in [5.41, 5.74) is 1.91. The highest BCUT2D eigenvalue weighted by Crippen LogP contribution is 2.22. The molecule has 26 heavy (non-hydrogen) atoms. The van der Waals surface area contributed by atoms with Gasteiger partial charge in [-0.1, -0.05) is 18.2 Å². The van der Waals surface area contributed by atoms with Crippen LogP contribution in [0, 0.1) is 19.8 Å². The highest BCUT2D eigenvalue weighted by Gasteiger charge is 2.28. The predicted molar refractivity (Wildman–Crippen MR) is 101 cm³/mol. The summed E-state index contributed by atoms with van der Waals surface area (Å²) in [6.45, 7) is 5.03. The molecule has 138 valence electrons. The largest absolute Gasteiger partial charge is 0.484 e. The highest BCUT2D eigenvalue weighted by atomic mass is 32.1. The highest BCUT2D eigenvalue weighted by molar-refractivity contribution is 7.13. The average Bonchev–Trinajstić information content (AvgIpc) is 3.05. The molecule has 2 amide bonds. The Balaban J connectivity index is 1.44. The zero-order valence-corrected chi connectivity index (χ0v) is 15.8. The standard InChI is InChI=1S/C19H23N3O3S/c1-13-5-3-4-6-16(13)25-11-17(23)22-9-7-15(8-10-22)18(24)21-19-20-14(2)12-26-19/h3-6,12,15H,7-11H2,1-2H3,(H,20,21,24). The number of nitrogens with zero attached hydrogens (tertiary/aromatic N) is 2. The molecule has 0 radical (unpaired) electrons. The number of likely N-dealkylation sites (tertiary alicyclic amines) is 1. The number of hydrogen-bond acceptors (Lipinski definition) is 5. The number of anilines is 1. The van der Waals surface area contributed by atoms with Crippen LogP contribution in [-0.4, -0.2) is 41.4 Å².